The Labute approximate surface area is 153 Å². The molecule has 2 radical (unpaired) electrons. The molecule has 0 bridgehead atoms. The molecule has 0 saturated heterocycles. The predicted molar refractivity (Wildman–Crippen MR) is 45.4 cm³/mol. The van der Waals surface area contributed by atoms with Crippen LogP contribution in [0.5, 0.6) is 0 Å². The number of rotatable bonds is 2. The smallest absolute Gasteiger partial charge is 1.00 e. The molecule has 0 atom stereocenters. The van der Waals surface area contributed by atoms with E-state index in [4.69, 9.17) is 0 Å². The van der Waals surface area contributed by atoms with Gasteiger partial charge in [0.2, 0.25) is 0 Å². The van der Waals surface area contributed by atoms with Gasteiger partial charge in [-0.2, -0.15) is 0 Å². The molecular weight excluding hydrogens is 651 g/mol. The molecule has 1 rings (SSSR count). The molecule has 0 heterocycles. The molecule has 0 spiro atoms. The summed E-state index contributed by atoms with van der Waals surface area (Å²) >= 11 is 0. The van der Waals surface area contributed by atoms with Crippen LogP contribution in [0.2, 0.25) is 0 Å². The zero-order valence-corrected chi connectivity index (χ0v) is 18.4. The summed E-state index contributed by atoms with van der Waals surface area (Å²) in [5, 5.41) is 0. The van der Waals surface area contributed by atoms with Crippen LogP contribution in [0.4, 0.5) is 0 Å². The Kier molecular flexibility index (Phi) is 37.0. The second-order valence-electron chi connectivity index (χ2n) is 2.32. The fraction of sp³-hybridized carbons (Fsp3) is 0.250. The molecule has 7 heteroatoms. The van der Waals surface area contributed by atoms with Crippen LogP contribution in [0.1, 0.15) is 11.1 Å². The molecule has 0 fully saturated rings. The standard InChI is InChI=1S/C8H12N2.4BrH.Pb/c9-5-7-2-1-3-8(4-7)6-10;;;;;/h1-4H,5-6,9-10H2;4*1H;/q;;;;;+2/p-2. The van der Waals surface area contributed by atoms with Gasteiger partial charge >= 0.3 is 27.3 Å². The van der Waals surface area contributed by atoms with Gasteiger partial charge in [0.1, 0.15) is 0 Å². The van der Waals surface area contributed by atoms with Crippen molar-refractivity contribution in [3.8, 4) is 0 Å². The van der Waals surface area contributed by atoms with E-state index in [1.165, 1.54) is 11.1 Å². The van der Waals surface area contributed by atoms with E-state index in [9.17, 15) is 0 Å². The van der Waals surface area contributed by atoms with Gasteiger partial charge in [-0.3, -0.25) is 0 Å². The molecule has 0 aromatic heterocycles. The van der Waals surface area contributed by atoms with Crippen LogP contribution in [0.25, 0.3) is 0 Å². The Balaban J connectivity index is -0.0000000667. The summed E-state index contributed by atoms with van der Waals surface area (Å²) in [4.78, 5) is 0. The molecule has 6 N–H and O–H groups in total. The average molecular weight is 665 g/mol. The van der Waals surface area contributed by atoms with Gasteiger partial charge in [0.15, 0.2) is 0 Å². The monoisotopic (exact) mass is 662 g/mol. The van der Waals surface area contributed by atoms with Gasteiger partial charge in [-0.15, -0.1) is 0 Å². The first-order chi connectivity index (χ1) is 4.86. The molecule has 0 aliphatic carbocycles. The van der Waals surface area contributed by atoms with Crippen LogP contribution in [0, 0.1) is 0 Å². The summed E-state index contributed by atoms with van der Waals surface area (Å²) in [5.74, 6) is 0. The molecule has 1 aromatic rings. The van der Waals surface area contributed by atoms with Crippen LogP contribution in [0.15, 0.2) is 24.3 Å². The molecule has 15 heavy (non-hydrogen) atoms. The Morgan fingerprint density at radius 3 is 1.40 bits per heavy atom. The second-order valence-corrected chi connectivity index (χ2v) is 2.32. The zero-order chi connectivity index (χ0) is 7.40. The third-order valence-electron chi connectivity index (χ3n) is 1.57. The topological polar surface area (TPSA) is 55.3 Å². The van der Waals surface area contributed by atoms with E-state index in [1.807, 2.05) is 0 Å². The summed E-state index contributed by atoms with van der Waals surface area (Å²) in [6.07, 6.45) is 0. The van der Waals surface area contributed by atoms with Crippen LogP contribution in [-0.4, -0.2) is 27.3 Å². The molecule has 88 valence electrons. The van der Waals surface area contributed by atoms with Crippen LogP contribution in [0.3, 0.4) is 0 Å². The summed E-state index contributed by atoms with van der Waals surface area (Å²) < 4.78 is 0. The van der Waals surface area contributed by atoms with Gasteiger partial charge < -0.3 is 79.4 Å². The van der Waals surface area contributed by atoms with Crippen molar-refractivity contribution in [2.45, 2.75) is 13.1 Å². The Morgan fingerprint density at radius 1 is 0.800 bits per heavy atom. The van der Waals surface area contributed by atoms with Gasteiger partial charge in [-0.25, -0.2) is 0 Å². The molecule has 0 saturated carbocycles. The summed E-state index contributed by atoms with van der Waals surface area (Å²) in [5.41, 5.74) is 10.2. The van der Waals surface area contributed by atoms with Crippen LogP contribution in [-0.2, 0) is 13.1 Å². The van der Waals surface area contributed by atoms with Crippen molar-refractivity contribution in [2.24, 2.45) is 0 Å². The van der Waals surface area contributed by atoms with Crippen molar-refractivity contribution in [1.82, 2.24) is 0 Å². The van der Waals surface area contributed by atoms with Crippen molar-refractivity contribution in [3.63, 3.8) is 0 Å². The number of benzene rings is 1. The maximum atomic E-state index is 3.81. The quantitative estimate of drug-likeness (QED) is 0.296. The normalized spacial score (nSPS) is 6.53. The average Bonchev–Trinajstić information content (AvgIpc) is 2.05. The first-order valence-corrected chi connectivity index (χ1v) is 3.53. The van der Waals surface area contributed by atoms with Crippen LogP contribution < -0.4 is 79.4 Å². The molecular formula is C8H14Br4N2Pb. The number of quaternary nitrogens is 2. The van der Waals surface area contributed by atoms with Gasteiger partial charge in [0, 0.05) is 11.1 Å². The Morgan fingerprint density at radius 2 is 1.13 bits per heavy atom. The fourth-order valence-corrected chi connectivity index (χ4v) is 0.941. The van der Waals surface area contributed by atoms with Crippen molar-refractivity contribution in [3.05, 3.63) is 35.4 Å². The predicted octanol–water partition coefficient (Wildman–Crippen LogP) is -13.2. The number of hydrogen-bond acceptors (Lipinski definition) is 0. The SMILES string of the molecule is [Br-].[Br-].[Br-].[Br-].[NH3+]Cc1cccc(C[NH3+])c1.[Pb+2]. The Hall–Kier alpha value is 1.98. The molecule has 0 aliphatic rings. The fourth-order valence-electron chi connectivity index (χ4n) is 0.941. The Bertz CT molecular complexity index is 206. The van der Waals surface area contributed by atoms with Gasteiger partial charge in [-0.05, 0) is 6.07 Å². The minimum absolute atomic E-state index is 0. The van der Waals surface area contributed by atoms with E-state index in [2.05, 4.69) is 35.7 Å². The van der Waals surface area contributed by atoms with E-state index in [-0.39, 0.29) is 95.2 Å². The number of halogens is 4. The van der Waals surface area contributed by atoms with Gasteiger partial charge in [0.25, 0.3) is 0 Å². The first kappa shape index (κ1) is 30.2. The first-order valence-electron chi connectivity index (χ1n) is 3.53. The van der Waals surface area contributed by atoms with E-state index >= 15 is 0 Å². The van der Waals surface area contributed by atoms with E-state index in [0.29, 0.717) is 0 Å². The third kappa shape index (κ3) is 12.2. The summed E-state index contributed by atoms with van der Waals surface area (Å²) in [7, 11) is 0. The largest absolute Gasteiger partial charge is 2.00 e. The van der Waals surface area contributed by atoms with E-state index in [1.54, 1.807) is 0 Å². The van der Waals surface area contributed by atoms with Crippen molar-refractivity contribution in [1.29, 1.82) is 0 Å². The minimum atomic E-state index is 0. The molecule has 0 amide bonds. The summed E-state index contributed by atoms with van der Waals surface area (Å²) in [6, 6.07) is 8.39. The molecule has 2 nitrogen and oxygen atoms in total. The van der Waals surface area contributed by atoms with Crippen molar-refractivity contribution >= 4 is 27.3 Å². The number of hydrogen-bond donors (Lipinski definition) is 2. The maximum absolute atomic E-state index is 3.81. The van der Waals surface area contributed by atoms with E-state index in [0.717, 1.165) is 13.1 Å². The maximum Gasteiger partial charge on any atom is 2.00 e. The van der Waals surface area contributed by atoms with Gasteiger partial charge in [0.05, 0.1) is 13.1 Å². The molecule has 1 aromatic carbocycles. The second kappa shape index (κ2) is 18.3. The molecule has 0 unspecified atom stereocenters. The van der Waals surface area contributed by atoms with Crippen LogP contribution >= 0.6 is 0 Å². The zero-order valence-electron chi connectivity index (χ0n) is 8.15. The summed E-state index contributed by atoms with van der Waals surface area (Å²) in [6.45, 7) is 1.74. The van der Waals surface area contributed by atoms with Gasteiger partial charge in [-0.1, -0.05) is 18.2 Å². The third-order valence-corrected chi connectivity index (χ3v) is 1.57. The van der Waals surface area contributed by atoms with Crippen molar-refractivity contribution < 1.29 is 79.4 Å². The van der Waals surface area contributed by atoms with E-state index < -0.39 is 0 Å². The molecule has 0 aliphatic heterocycles. The minimum Gasteiger partial charge on any atom is -1.00 e. The van der Waals surface area contributed by atoms with Crippen molar-refractivity contribution in [2.75, 3.05) is 0 Å².